The van der Waals surface area contributed by atoms with Crippen molar-refractivity contribution in [1.82, 2.24) is 0 Å². The molecule has 0 saturated heterocycles. The van der Waals surface area contributed by atoms with Crippen LogP contribution >= 0.6 is 0 Å². The zero-order valence-electron chi connectivity index (χ0n) is 17.5. The van der Waals surface area contributed by atoms with Crippen molar-refractivity contribution in [2.45, 2.75) is 44.4 Å². The molecule has 30 heavy (non-hydrogen) atoms. The van der Waals surface area contributed by atoms with Crippen LogP contribution in [0.4, 0.5) is 0 Å². The van der Waals surface area contributed by atoms with Gasteiger partial charge in [-0.05, 0) is 54.9 Å². The van der Waals surface area contributed by atoms with Crippen LogP contribution in [0, 0.1) is 5.92 Å². The van der Waals surface area contributed by atoms with Crippen molar-refractivity contribution in [2.75, 3.05) is 7.11 Å². The predicted octanol–water partition coefficient (Wildman–Crippen LogP) is 5.63. The van der Waals surface area contributed by atoms with Gasteiger partial charge in [0.15, 0.2) is 0 Å². The van der Waals surface area contributed by atoms with Crippen molar-refractivity contribution < 1.29 is 14.3 Å². The molecule has 0 spiro atoms. The minimum Gasteiger partial charge on any atom is -0.507 e. The lowest BCUT2D eigenvalue weighted by molar-refractivity contribution is 0.379. The van der Waals surface area contributed by atoms with Crippen LogP contribution in [-0.2, 0) is 6.42 Å². The highest BCUT2D eigenvalue weighted by Crippen LogP contribution is 2.47. The maximum atomic E-state index is 13.0. The van der Waals surface area contributed by atoms with E-state index in [1.807, 2.05) is 54.6 Å². The Morgan fingerprint density at radius 2 is 1.87 bits per heavy atom. The van der Waals surface area contributed by atoms with Crippen molar-refractivity contribution in [3.05, 3.63) is 93.5 Å². The number of ether oxygens (including phenoxy) is 1. The van der Waals surface area contributed by atoms with Crippen LogP contribution in [0.25, 0.3) is 0 Å². The summed E-state index contributed by atoms with van der Waals surface area (Å²) in [5.74, 6) is 1.65. The zero-order chi connectivity index (χ0) is 21.1. The Morgan fingerprint density at radius 3 is 2.50 bits per heavy atom. The third-order valence-electron chi connectivity index (χ3n) is 6.06. The summed E-state index contributed by atoms with van der Waals surface area (Å²) in [5.41, 5.74) is 2.13. The second kappa shape index (κ2) is 8.78. The summed E-state index contributed by atoms with van der Waals surface area (Å²) in [4.78, 5) is 13.0. The van der Waals surface area contributed by atoms with E-state index in [1.165, 1.54) is 0 Å². The highest BCUT2D eigenvalue weighted by atomic mass is 16.5. The van der Waals surface area contributed by atoms with Crippen molar-refractivity contribution in [3.8, 4) is 11.5 Å². The van der Waals surface area contributed by atoms with Gasteiger partial charge in [-0.15, -0.1) is 0 Å². The smallest absolute Gasteiger partial charge is 0.343 e. The topological polar surface area (TPSA) is 59.7 Å². The highest BCUT2D eigenvalue weighted by molar-refractivity contribution is 5.42. The Labute approximate surface area is 177 Å². The van der Waals surface area contributed by atoms with Gasteiger partial charge < -0.3 is 14.3 Å². The molecule has 0 radical (unpaired) electrons. The summed E-state index contributed by atoms with van der Waals surface area (Å²) in [7, 11) is 1.65. The van der Waals surface area contributed by atoms with Crippen LogP contribution < -0.4 is 10.4 Å². The van der Waals surface area contributed by atoms with Gasteiger partial charge in [0.05, 0.1) is 12.7 Å². The lowest BCUT2D eigenvalue weighted by Gasteiger charge is -2.20. The third-order valence-corrected chi connectivity index (χ3v) is 6.06. The number of aromatic hydroxyl groups is 1. The molecule has 4 heteroatoms. The Bertz CT molecular complexity index is 1050. The standard InChI is InChI=1S/C26H28O4/c1-3-18(14-17-8-7-11-21(15-17)29-2)23-16-22(27)25(26(28)30-23)24(20-12-13-20)19-9-5-4-6-10-19/h4-11,15-16,18,20,24,27H,3,12-14H2,1-2H3. The van der Waals surface area contributed by atoms with E-state index >= 15 is 0 Å². The Balaban J connectivity index is 1.66. The fourth-order valence-corrected chi connectivity index (χ4v) is 4.29. The summed E-state index contributed by atoms with van der Waals surface area (Å²) in [5, 5.41) is 10.9. The quantitative estimate of drug-likeness (QED) is 0.528. The Morgan fingerprint density at radius 1 is 1.10 bits per heavy atom. The first-order valence-corrected chi connectivity index (χ1v) is 10.7. The van der Waals surface area contributed by atoms with Gasteiger partial charge in [-0.2, -0.15) is 0 Å². The average molecular weight is 405 g/mol. The normalized spacial score (nSPS) is 15.5. The SMILES string of the molecule is CCC(Cc1cccc(OC)c1)c1cc(O)c(C(c2ccccc2)C2CC2)c(=O)o1. The molecular formula is C26H28O4. The van der Waals surface area contributed by atoms with E-state index in [1.54, 1.807) is 13.2 Å². The van der Waals surface area contributed by atoms with Crippen molar-refractivity contribution in [2.24, 2.45) is 5.92 Å². The molecule has 2 atom stereocenters. The van der Waals surface area contributed by atoms with E-state index < -0.39 is 5.63 Å². The van der Waals surface area contributed by atoms with Crippen molar-refractivity contribution in [1.29, 1.82) is 0 Å². The van der Waals surface area contributed by atoms with E-state index in [0.29, 0.717) is 23.7 Å². The predicted molar refractivity (Wildman–Crippen MR) is 117 cm³/mol. The summed E-state index contributed by atoms with van der Waals surface area (Å²) < 4.78 is 11.1. The fourth-order valence-electron chi connectivity index (χ4n) is 4.29. The van der Waals surface area contributed by atoms with Gasteiger partial charge in [0.25, 0.3) is 0 Å². The van der Waals surface area contributed by atoms with Gasteiger partial charge in [0.1, 0.15) is 17.3 Å². The number of benzene rings is 2. The van der Waals surface area contributed by atoms with Gasteiger partial charge in [-0.3, -0.25) is 0 Å². The molecule has 0 aliphatic heterocycles. The van der Waals surface area contributed by atoms with E-state index in [2.05, 4.69) is 6.92 Å². The summed E-state index contributed by atoms with van der Waals surface area (Å²) >= 11 is 0. The van der Waals surface area contributed by atoms with Crippen LogP contribution in [-0.4, -0.2) is 12.2 Å². The molecule has 3 aromatic rings. The number of hydrogen-bond donors (Lipinski definition) is 1. The van der Waals surface area contributed by atoms with E-state index in [9.17, 15) is 9.90 Å². The molecule has 1 aliphatic carbocycles. The minimum atomic E-state index is -0.421. The first-order valence-electron chi connectivity index (χ1n) is 10.7. The van der Waals surface area contributed by atoms with Crippen LogP contribution in [0.5, 0.6) is 11.5 Å². The summed E-state index contributed by atoms with van der Waals surface area (Å²) in [6, 6.07) is 19.5. The second-order valence-electron chi connectivity index (χ2n) is 8.12. The maximum absolute atomic E-state index is 13.0. The molecule has 1 N–H and O–H groups in total. The lowest BCUT2D eigenvalue weighted by Crippen LogP contribution is -2.17. The van der Waals surface area contributed by atoms with Gasteiger partial charge >= 0.3 is 5.63 Å². The van der Waals surface area contributed by atoms with Gasteiger partial charge in [-0.1, -0.05) is 49.4 Å². The van der Waals surface area contributed by atoms with Crippen LogP contribution in [0.15, 0.2) is 69.9 Å². The van der Waals surface area contributed by atoms with E-state index in [-0.39, 0.29) is 17.6 Å². The van der Waals surface area contributed by atoms with Crippen LogP contribution in [0.1, 0.15) is 60.5 Å². The van der Waals surface area contributed by atoms with Gasteiger partial charge in [0.2, 0.25) is 0 Å². The zero-order valence-corrected chi connectivity index (χ0v) is 17.5. The molecule has 1 fully saturated rings. The van der Waals surface area contributed by atoms with Crippen LogP contribution in [0.2, 0.25) is 0 Å². The highest BCUT2D eigenvalue weighted by Gasteiger charge is 2.37. The largest absolute Gasteiger partial charge is 0.507 e. The first-order chi connectivity index (χ1) is 14.6. The monoisotopic (exact) mass is 404 g/mol. The number of hydrogen-bond acceptors (Lipinski definition) is 4. The molecule has 1 saturated carbocycles. The minimum absolute atomic E-state index is 0.000793. The molecule has 0 amide bonds. The maximum Gasteiger partial charge on any atom is 0.343 e. The van der Waals surface area contributed by atoms with E-state index in [0.717, 1.165) is 36.1 Å². The van der Waals surface area contributed by atoms with Crippen molar-refractivity contribution >= 4 is 0 Å². The van der Waals surface area contributed by atoms with Gasteiger partial charge in [0, 0.05) is 17.9 Å². The average Bonchev–Trinajstić information content (AvgIpc) is 3.60. The van der Waals surface area contributed by atoms with Crippen LogP contribution in [0.3, 0.4) is 0 Å². The second-order valence-corrected chi connectivity index (χ2v) is 8.12. The molecule has 156 valence electrons. The molecule has 0 bridgehead atoms. The summed E-state index contributed by atoms with van der Waals surface area (Å²) in [6.45, 7) is 2.06. The lowest BCUT2D eigenvalue weighted by atomic mass is 9.87. The van der Waals surface area contributed by atoms with E-state index in [4.69, 9.17) is 9.15 Å². The molecule has 1 aliphatic rings. The Hall–Kier alpha value is -3.01. The van der Waals surface area contributed by atoms with Crippen molar-refractivity contribution in [3.63, 3.8) is 0 Å². The summed E-state index contributed by atoms with van der Waals surface area (Å²) in [6.07, 6.45) is 3.63. The molecule has 1 aromatic heterocycles. The molecular weight excluding hydrogens is 376 g/mol. The third kappa shape index (κ3) is 4.28. The molecule has 1 heterocycles. The van der Waals surface area contributed by atoms with Gasteiger partial charge in [-0.25, -0.2) is 4.79 Å². The molecule has 2 unspecified atom stereocenters. The molecule has 4 rings (SSSR count). The molecule has 2 aromatic carbocycles. The number of methoxy groups -OCH3 is 1. The molecule has 4 nitrogen and oxygen atoms in total. The first kappa shape index (κ1) is 20.3. The fraction of sp³-hybridized carbons (Fsp3) is 0.346. The number of rotatable bonds is 8. The Kier molecular flexibility index (Phi) is 5.93.